The number of aliphatic imine (C=N–C) groups is 1. The van der Waals surface area contributed by atoms with Crippen LogP contribution in [0.5, 0.6) is 17.5 Å². The van der Waals surface area contributed by atoms with Crippen molar-refractivity contribution >= 4 is 29.0 Å². The first-order chi connectivity index (χ1) is 22.4. The SMILES string of the molecule is COc1cc(OCCO)c(F)c(C(Nc2ccc(/C(N)=N\C(=O)c3ccccc3)cc2)c2nc(OCCl)n(-c3ncccn3)n2)c1. The summed E-state index contributed by atoms with van der Waals surface area (Å²) in [5.74, 6) is -0.873. The van der Waals surface area contributed by atoms with E-state index < -0.39 is 17.8 Å². The Morgan fingerprint density at radius 1 is 1.07 bits per heavy atom. The van der Waals surface area contributed by atoms with Crippen molar-refractivity contribution in [1.82, 2.24) is 24.7 Å². The number of nitrogens with zero attached hydrogens (tertiary/aromatic N) is 6. The molecular formula is C31H28ClFN8O5. The molecule has 13 nitrogen and oxygen atoms in total. The van der Waals surface area contributed by atoms with Crippen LogP contribution in [0.2, 0.25) is 0 Å². The number of nitrogens with one attached hydrogen (secondary N) is 1. The van der Waals surface area contributed by atoms with E-state index in [1.165, 1.54) is 36.3 Å². The molecule has 236 valence electrons. The molecule has 1 atom stereocenters. The molecule has 0 aliphatic rings. The van der Waals surface area contributed by atoms with E-state index in [1.807, 2.05) is 0 Å². The number of hydrogen-bond acceptors (Lipinski definition) is 10. The fourth-order valence-electron chi connectivity index (χ4n) is 4.29. The minimum Gasteiger partial charge on any atom is -0.497 e. The number of hydrogen-bond donors (Lipinski definition) is 3. The zero-order chi connectivity index (χ0) is 32.5. The fourth-order valence-corrected chi connectivity index (χ4v) is 4.39. The summed E-state index contributed by atoms with van der Waals surface area (Å²) in [5.41, 5.74) is 7.57. The minimum atomic E-state index is -1.06. The van der Waals surface area contributed by atoms with Crippen molar-refractivity contribution in [2.75, 3.05) is 31.7 Å². The Morgan fingerprint density at radius 2 is 1.80 bits per heavy atom. The summed E-state index contributed by atoms with van der Waals surface area (Å²) in [5, 5.41) is 17.0. The van der Waals surface area contributed by atoms with E-state index >= 15 is 4.39 Å². The Balaban J connectivity index is 1.54. The molecule has 5 rings (SSSR count). The van der Waals surface area contributed by atoms with E-state index in [0.717, 1.165) is 0 Å². The summed E-state index contributed by atoms with van der Waals surface area (Å²) in [6, 6.07) is 18.3. The smallest absolute Gasteiger partial charge is 0.324 e. The Hall–Kier alpha value is -5.60. The number of carbonyl (C=O) groups is 1. The van der Waals surface area contributed by atoms with E-state index in [0.29, 0.717) is 16.8 Å². The van der Waals surface area contributed by atoms with Crippen LogP contribution < -0.4 is 25.3 Å². The van der Waals surface area contributed by atoms with Crippen LogP contribution in [-0.4, -0.2) is 68.0 Å². The van der Waals surface area contributed by atoms with Crippen molar-refractivity contribution in [3.63, 3.8) is 0 Å². The average molecular weight is 647 g/mol. The maximum atomic E-state index is 16.1. The lowest BCUT2D eigenvalue weighted by Crippen LogP contribution is -2.18. The van der Waals surface area contributed by atoms with E-state index in [9.17, 15) is 9.90 Å². The number of amides is 1. The van der Waals surface area contributed by atoms with Gasteiger partial charge in [0.05, 0.1) is 13.7 Å². The molecule has 1 amide bonds. The summed E-state index contributed by atoms with van der Waals surface area (Å²) >= 11 is 5.86. The van der Waals surface area contributed by atoms with Gasteiger partial charge in [0.2, 0.25) is 0 Å². The number of aromatic nitrogens is 5. The van der Waals surface area contributed by atoms with Crippen LogP contribution in [0.25, 0.3) is 5.95 Å². The molecule has 0 aliphatic carbocycles. The number of carbonyl (C=O) groups excluding carboxylic acids is 1. The highest BCUT2D eigenvalue weighted by Gasteiger charge is 2.28. The van der Waals surface area contributed by atoms with Crippen molar-refractivity contribution in [3.8, 4) is 23.5 Å². The van der Waals surface area contributed by atoms with Crippen molar-refractivity contribution in [2.24, 2.45) is 10.7 Å². The third kappa shape index (κ3) is 7.36. The predicted octanol–water partition coefficient (Wildman–Crippen LogP) is 3.90. The number of aliphatic hydroxyl groups excluding tert-OH is 1. The molecule has 3 aromatic carbocycles. The predicted molar refractivity (Wildman–Crippen MR) is 167 cm³/mol. The zero-order valence-electron chi connectivity index (χ0n) is 24.4. The van der Waals surface area contributed by atoms with E-state index in [2.05, 4.69) is 30.4 Å². The van der Waals surface area contributed by atoms with Crippen LogP contribution in [0.1, 0.15) is 33.4 Å². The van der Waals surface area contributed by atoms with Gasteiger partial charge in [-0.2, -0.15) is 9.98 Å². The third-order valence-corrected chi connectivity index (χ3v) is 6.56. The second-order valence-electron chi connectivity index (χ2n) is 9.39. The lowest BCUT2D eigenvalue weighted by Gasteiger charge is -2.21. The number of anilines is 1. The molecular weight excluding hydrogens is 619 g/mol. The van der Waals surface area contributed by atoms with Gasteiger partial charge in [-0.1, -0.05) is 29.8 Å². The van der Waals surface area contributed by atoms with Crippen LogP contribution in [0, 0.1) is 5.82 Å². The highest BCUT2D eigenvalue weighted by atomic mass is 35.5. The number of nitrogens with two attached hydrogens (primary N) is 1. The molecule has 2 heterocycles. The second kappa shape index (κ2) is 14.9. The summed E-state index contributed by atoms with van der Waals surface area (Å²) in [4.78, 5) is 29.4. The van der Waals surface area contributed by atoms with E-state index in [-0.39, 0.29) is 60.0 Å². The number of benzene rings is 3. The van der Waals surface area contributed by atoms with Crippen LogP contribution in [0.4, 0.5) is 10.1 Å². The monoisotopic (exact) mass is 646 g/mol. The van der Waals surface area contributed by atoms with Gasteiger partial charge in [0, 0.05) is 40.8 Å². The quantitative estimate of drug-likeness (QED) is 0.0962. The molecule has 0 spiro atoms. The molecule has 2 aromatic heterocycles. The zero-order valence-corrected chi connectivity index (χ0v) is 25.1. The first-order valence-electron chi connectivity index (χ1n) is 13.8. The molecule has 15 heteroatoms. The largest absolute Gasteiger partial charge is 0.497 e. The number of alkyl halides is 1. The third-order valence-electron chi connectivity index (χ3n) is 6.45. The maximum Gasteiger partial charge on any atom is 0.324 e. The van der Waals surface area contributed by atoms with E-state index in [1.54, 1.807) is 60.7 Å². The normalized spacial score (nSPS) is 12.0. The molecule has 0 fully saturated rings. The van der Waals surface area contributed by atoms with Gasteiger partial charge in [0.15, 0.2) is 23.5 Å². The molecule has 0 saturated carbocycles. The van der Waals surface area contributed by atoms with E-state index in [4.69, 9.17) is 31.5 Å². The molecule has 0 aliphatic heterocycles. The van der Waals surface area contributed by atoms with Gasteiger partial charge in [-0.15, -0.1) is 9.78 Å². The number of aliphatic hydroxyl groups is 1. The summed E-state index contributed by atoms with van der Waals surface area (Å²) in [7, 11) is 1.43. The van der Waals surface area contributed by atoms with Gasteiger partial charge >= 0.3 is 6.01 Å². The summed E-state index contributed by atoms with van der Waals surface area (Å²) in [6.45, 7) is -0.476. The number of ether oxygens (including phenoxy) is 3. The highest BCUT2D eigenvalue weighted by Crippen LogP contribution is 2.36. The van der Waals surface area contributed by atoms with Gasteiger partial charge in [0.1, 0.15) is 24.2 Å². The highest BCUT2D eigenvalue weighted by molar-refractivity contribution is 6.17. The second-order valence-corrected chi connectivity index (χ2v) is 9.61. The lowest BCUT2D eigenvalue weighted by molar-refractivity contribution is 0.100. The number of rotatable bonds is 13. The van der Waals surface area contributed by atoms with Crippen molar-refractivity contribution in [2.45, 2.75) is 6.04 Å². The van der Waals surface area contributed by atoms with Crippen LogP contribution in [0.15, 0.2) is 90.2 Å². The Labute approximate surface area is 267 Å². The van der Waals surface area contributed by atoms with Crippen molar-refractivity contribution in [1.29, 1.82) is 0 Å². The van der Waals surface area contributed by atoms with Gasteiger partial charge in [-0.25, -0.2) is 14.4 Å². The molecule has 4 N–H and O–H groups in total. The average Bonchev–Trinajstić information content (AvgIpc) is 3.51. The van der Waals surface area contributed by atoms with Gasteiger partial charge in [0.25, 0.3) is 11.9 Å². The number of amidine groups is 1. The maximum absolute atomic E-state index is 16.1. The summed E-state index contributed by atoms with van der Waals surface area (Å²) < 4.78 is 33.6. The lowest BCUT2D eigenvalue weighted by atomic mass is 10.0. The molecule has 0 radical (unpaired) electrons. The molecule has 5 aromatic rings. The Bertz CT molecular complexity index is 1810. The molecule has 1 unspecified atom stereocenters. The van der Waals surface area contributed by atoms with Crippen molar-refractivity contribution in [3.05, 3.63) is 114 Å². The number of methoxy groups -OCH3 is 1. The number of halogens is 2. The van der Waals surface area contributed by atoms with Gasteiger partial charge < -0.3 is 30.4 Å². The van der Waals surface area contributed by atoms with Crippen LogP contribution in [0.3, 0.4) is 0 Å². The first-order valence-corrected chi connectivity index (χ1v) is 14.3. The van der Waals surface area contributed by atoms with Crippen LogP contribution in [-0.2, 0) is 0 Å². The van der Waals surface area contributed by atoms with Crippen LogP contribution >= 0.6 is 11.6 Å². The Kier molecular flexibility index (Phi) is 10.3. The van der Waals surface area contributed by atoms with Gasteiger partial charge in [-0.05, 0) is 48.5 Å². The minimum absolute atomic E-state index is 0.0209. The standard InChI is InChI=1S/C31H28ClFN8O5/c1-44-22-16-23(25(33)24(17-22)45-15-14-42)26(28-39-31(46-18-32)41(40-28)30-35-12-5-13-36-30)37-21-10-8-19(9-11-21)27(34)38-29(43)20-6-3-2-4-7-20/h2-13,16-17,26,37,42H,14-15,18H2,1H3,(H2,34,38,43). The fraction of sp³-hybridized carbons (Fsp3) is 0.161. The van der Waals surface area contributed by atoms with Gasteiger partial charge in [-0.3, -0.25) is 4.79 Å². The molecule has 46 heavy (non-hydrogen) atoms. The Morgan fingerprint density at radius 3 is 2.48 bits per heavy atom. The first kappa shape index (κ1) is 31.8. The topological polar surface area (TPSA) is 172 Å². The van der Waals surface area contributed by atoms with Crippen molar-refractivity contribution < 1.29 is 28.5 Å². The summed E-state index contributed by atoms with van der Waals surface area (Å²) in [6.07, 6.45) is 3.03. The molecule has 0 bridgehead atoms. The molecule has 0 saturated heterocycles.